The fourth-order valence-electron chi connectivity index (χ4n) is 1.71. The maximum absolute atomic E-state index is 13.4. The fraction of sp³-hybridized carbons (Fsp3) is 0.143. The van der Waals surface area contributed by atoms with Gasteiger partial charge >= 0.3 is 0 Å². The predicted molar refractivity (Wildman–Crippen MR) is 79.9 cm³/mol. The zero-order valence-electron chi connectivity index (χ0n) is 10.1. The van der Waals surface area contributed by atoms with Crippen molar-refractivity contribution in [3.05, 3.63) is 62.8 Å². The molecule has 0 spiro atoms. The molecule has 0 saturated heterocycles. The van der Waals surface area contributed by atoms with Crippen LogP contribution in [0.25, 0.3) is 0 Å². The minimum Gasteiger partial charge on any atom is -0.377 e. The molecule has 5 heteroatoms. The summed E-state index contributed by atoms with van der Waals surface area (Å²) in [7, 11) is 0. The van der Waals surface area contributed by atoms with Crippen LogP contribution in [0.3, 0.4) is 0 Å². The van der Waals surface area contributed by atoms with E-state index in [9.17, 15) is 4.39 Å². The molecular formula is C14H11Cl3FN. The summed E-state index contributed by atoms with van der Waals surface area (Å²) in [6.45, 7) is 1.90. The summed E-state index contributed by atoms with van der Waals surface area (Å²) in [4.78, 5) is 0. The van der Waals surface area contributed by atoms with Crippen LogP contribution in [-0.4, -0.2) is 0 Å². The molecule has 2 aromatic carbocycles. The van der Waals surface area contributed by atoms with E-state index in [0.29, 0.717) is 15.7 Å². The topological polar surface area (TPSA) is 12.0 Å². The van der Waals surface area contributed by atoms with Gasteiger partial charge in [0.2, 0.25) is 0 Å². The lowest BCUT2D eigenvalue weighted by molar-refractivity contribution is 0.624. The van der Waals surface area contributed by atoms with Crippen LogP contribution in [0.1, 0.15) is 18.5 Å². The third kappa shape index (κ3) is 3.53. The molecule has 0 saturated carbocycles. The average Bonchev–Trinajstić information content (AvgIpc) is 2.37. The van der Waals surface area contributed by atoms with Crippen molar-refractivity contribution in [2.45, 2.75) is 13.0 Å². The van der Waals surface area contributed by atoms with Crippen LogP contribution in [0, 0.1) is 5.82 Å². The Hall–Kier alpha value is -0.960. The molecule has 0 aliphatic heterocycles. The number of rotatable bonds is 3. The third-order valence-electron chi connectivity index (χ3n) is 2.74. The predicted octanol–water partition coefficient (Wildman–Crippen LogP) is 5.96. The van der Waals surface area contributed by atoms with Gasteiger partial charge < -0.3 is 5.32 Å². The highest BCUT2D eigenvalue weighted by Crippen LogP contribution is 2.29. The van der Waals surface area contributed by atoms with Crippen molar-refractivity contribution in [1.29, 1.82) is 0 Å². The quantitative estimate of drug-likeness (QED) is 0.736. The van der Waals surface area contributed by atoms with E-state index in [-0.39, 0.29) is 11.1 Å². The number of nitrogens with one attached hydrogen (secondary N) is 1. The lowest BCUT2D eigenvalue weighted by Crippen LogP contribution is -2.07. The SMILES string of the molecule is CC(Nc1cc(Cl)ccc1Cl)c1ccc(Cl)c(F)c1. The minimum atomic E-state index is -0.440. The van der Waals surface area contributed by atoms with Crippen LogP contribution in [-0.2, 0) is 0 Å². The van der Waals surface area contributed by atoms with Crippen LogP contribution in [0.4, 0.5) is 10.1 Å². The number of benzene rings is 2. The van der Waals surface area contributed by atoms with E-state index in [1.165, 1.54) is 12.1 Å². The second kappa shape index (κ2) is 6.00. The van der Waals surface area contributed by atoms with Gasteiger partial charge in [0.25, 0.3) is 0 Å². The Morgan fingerprint density at radius 1 is 1.00 bits per heavy atom. The van der Waals surface area contributed by atoms with Crippen molar-refractivity contribution in [2.75, 3.05) is 5.32 Å². The van der Waals surface area contributed by atoms with E-state index >= 15 is 0 Å². The van der Waals surface area contributed by atoms with Gasteiger partial charge in [0.15, 0.2) is 0 Å². The van der Waals surface area contributed by atoms with Crippen molar-refractivity contribution in [1.82, 2.24) is 0 Å². The van der Waals surface area contributed by atoms with Gasteiger partial charge in [0.05, 0.1) is 15.7 Å². The Bertz CT molecular complexity index is 601. The van der Waals surface area contributed by atoms with E-state index < -0.39 is 5.82 Å². The molecule has 1 atom stereocenters. The average molecular weight is 319 g/mol. The zero-order chi connectivity index (χ0) is 14.0. The summed E-state index contributed by atoms with van der Waals surface area (Å²) < 4.78 is 13.4. The monoisotopic (exact) mass is 317 g/mol. The van der Waals surface area contributed by atoms with Crippen LogP contribution in [0.5, 0.6) is 0 Å². The van der Waals surface area contributed by atoms with Gasteiger partial charge in [-0.2, -0.15) is 0 Å². The second-order valence-electron chi connectivity index (χ2n) is 4.16. The lowest BCUT2D eigenvalue weighted by atomic mass is 10.1. The zero-order valence-corrected chi connectivity index (χ0v) is 12.3. The summed E-state index contributed by atoms with van der Waals surface area (Å²) in [6.07, 6.45) is 0. The van der Waals surface area contributed by atoms with E-state index in [4.69, 9.17) is 34.8 Å². The largest absolute Gasteiger partial charge is 0.377 e. The smallest absolute Gasteiger partial charge is 0.142 e. The van der Waals surface area contributed by atoms with Gasteiger partial charge in [-0.3, -0.25) is 0 Å². The van der Waals surface area contributed by atoms with Crippen LogP contribution in [0.2, 0.25) is 15.1 Å². The standard InChI is InChI=1S/C14H11Cl3FN/c1-8(9-2-4-11(16)13(18)6-9)19-14-7-10(15)3-5-12(14)17/h2-8,19H,1H3. The molecular weight excluding hydrogens is 308 g/mol. The highest BCUT2D eigenvalue weighted by atomic mass is 35.5. The van der Waals surface area contributed by atoms with Gasteiger partial charge in [0.1, 0.15) is 5.82 Å². The molecule has 1 unspecified atom stereocenters. The van der Waals surface area contributed by atoms with Gasteiger partial charge in [-0.05, 0) is 42.8 Å². The lowest BCUT2D eigenvalue weighted by Gasteiger charge is -2.17. The van der Waals surface area contributed by atoms with Gasteiger partial charge in [-0.25, -0.2) is 4.39 Å². The Labute approximate surface area is 126 Å². The van der Waals surface area contributed by atoms with E-state index in [2.05, 4.69) is 5.32 Å². The molecule has 1 nitrogen and oxygen atoms in total. The molecule has 2 aromatic rings. The highest BCUT2D eigenvalue weighted by molar-refractivity contribution is 6.35. The van der Waals surface area contributed by atoms with E-state index in [1.807, 2.05) is 6.92 Å². The number of halogens is 4. The van der Waals surface area contributed by atoms with Gasteiger partial charge in [-0.15, -0.1) is 0 Å². The van der Waals surface area contributed by atoms with Gasteiger partial charge in [-0.1, -0.05) is 40.9 Å². The molecule has 0 radical (unpaired) electrons. The first kappa shape index (κ1) is 14.4. The molecule has 0 aliphatic carbocycles. The maximum atomic E-state index is 13.4. The Morgan fingerprint density at radius 3 is 2.37 bits per heavy atom. The number of anilines is 1. The van der Waals surface area contributed by atoms with Gasteiger partial charge in [0, 0.05) is 11.1 Å². The minimum absolute atomic E-state index is 0.108. The molecule has 0 heterocycles. The van der Waals surface area contributed by atoms with Crippen molar-refractivity contribution < 1.29 is 4.39 Å². The first-order valence-electron chi connectivity index (χ1n) is 5.64. The molecule has 0 aliphatic rings. The molecule has 1 N–H and O–H groups in total. The number of hydrogen-bond donors (Lipinski definition) is 1. The Balaban J connectivity index is 2.22. The first-order chi connectivity index (χ1) is 8.97. The molecule has 0 bridgehead atoms. The first-order valence-corrected chi connectivity index (χ1v) is 6.77. The Morgan fingerprint density at radius 2 is 1.68 bits per heavy atom. The molecule has 100 valence electrons. The molecule has 19 heavy (non-hydrogen) atoms. The Kier molecular flexibility index (Phi) is 4.56. The summed E-state index contributed by atoms with van der Waals surface area (Å²) in [6, 6.07) is 9.72. The fourth-order valence-corrected chi connectivity index (χ4v) is 2.17. The van der Waals surface area contributed by atoms with Crippen LogP contribution >= 0.6 is 34.8 Å². The molecule has 0 amide bonds. The van der Waals surface area contributed by atoms with Crippen molar-refractivity contribution in [3.63, 3.8) is 0 Å². The molecule has 2 rings (SSSR count). The van der Waals surface area contributed by atoms with E-state index in [0.717, 1.165) is 5.56 Å². The highest BCUT2D eigenvalue weighted by Gasteiger charge is 2.10. The summed E-state index contributed by atoms with van der Waals surface area (Å²) in [5.74, 6) is -0.440. The molecule has 0 aromatic heterocycles. The van der Waals surface area contributed by atoms with Crippen molar-refractivity contribution in [2.24, 2.45) is 0 Å². The summed E-state index contributed by atoms with van der Waals surface area (Å²) in [5, 5.41) is 4.44. The van der Waals surface area contributed by atoms with Crippen LogP contribution < -0.4 is 5.32 Å². The summed E-state index contributed by atoms with van der Waals surface area (Å²) >= 11 is 17.6. The maximum Gasteiger partial charge on any atom is 0.142 e. The third-order valence-corrected chi connectivity index (χ3v) is 3.62. The number of hydrogen-bond acceptors (Lipinski definition) is 1. The van der Waals surface area contributed by atoms with Crippen LogP contribution in [0.15, 0.2) is 36.4 Å². The van der Waals surface area contributed by atoms with E-state index in [1.54, 1.807) is 24.3 Å². The van der Waals surface area contributed by atoms with Crippen molar-refractivity contribution in [3.8, 4) is 0 Å². The molecule has 0 fully saturated rings. The summed E-state index contributed by atoms with van der Waals surface area (Å²) in [5.41, 5.74) is 1.48. The van der Waals surface area contributed by atoms with Crippen molar-refractivity contribution >= 4 is 40.5 Å². The second-order valence-corrected chi connectivity index (χ2v) is 5.41. The normalized spacial score (nSPS) is 12.3.